The number of hydrogen-bond donors (Lipinski definition) is 0. The molecule has 0 unspecified atom stereocenters. The summed E-state index contributed by atoms with van der Waals surface area (Å²) in [4.78, 5) is 29.5. The predicted octanol–water partition coefficient (Wildman–Crippen LogP) is 5.12. The van der Waals surface area contributed by atoms with Crippen LogP contribution in [-0.4, -0.2) is 53.9 Å². The number of nitrogens with zero attached hydrogens (tertiary/aromatic N) is 2. The van der Waals surface area contributed by atoms with E-state index in [2.05, 4.69) is 0 Å². The van der Waals surface area contributed by atoms with Gasteiger partial charge in [-0.25, -0.2) is 0 Å². The van der Waals surface area contributed by atoms with E-state index in [1.165, 1.54) is 16.7 Å². The lowest BCUT2D eigenvalue weighted by Crippen LogP contribution is -2.43. The van der Waals surface area contributed by atoms with Crippen LogP contribution in [0.4, 0.5) is 5.69 Å². The minimum absolute atomic E-state index is 0.0801. The van der Waals surface area contributed by atoms with Gasteiger partial charge < -0.3 is 19.1 Å². The highest BCUT2D eigenvalue weighted by Crippen LogP contribution is 2.38. The summed E-state index contributed by atoms with van der Waals surface area (Å²) < 4.78 is 17.4. The Bertz CT molecular complexity index is 1320. The number of hydrogen-bond acceptors (Lipinski definition) is 7. The van der Waals surface area contributed by atoms with Gasteiger partial charge in [-0.05, 0) is 48.5 Å². The average molecular weight is 533 g/mol. The Hall–Kier alpha value is -3.66. The van der Waals surface area contributed by atoms with Crippen LogP contribution < -0.4 is 14.4 Å². The fourth-order valence-electron chi connectivity index (χ4n) is 3.89. The van der Waals surface area contributed by atoms with Gasteiger partial charge in [-0.15, -0.1) is 0 Å². The summed E-state index contributed by atoms with van der Waals surface area (Å²) in [5, 5.41) is 0. The number of benzene rings is 3. The molecule has 9 heteroatoms. The highest BCUT2D eigenvalue weighted by molar-refractivity contribution is 8.27. The first kappa shape index (κ1) is 25.0. The number of ether oxygens (including phenoxy) is 3. The molecule has 3 aromatic carbocycles. The Balaban J connectivity index is 1.28. The maximum absolute atomic E-state index is 13.3. The Morgan fingerprint density at radius 1 is 0.946 bits per heavy atom. The summed E-state index contributed by atoms with van der Waals surface area (Å²) in [6, 6.07) is 24.0. The summed E-state index contributed by atoms with van der Waals surface area (Å²) >= 11 is 6.75. The van der Waals surface area contributed by atoms with Crippen LogP contribution in [0.25, 0.3) is 6.08 Å². The molecule has 0 N–H and O–H groups in total. The maximum atomic E-state index is 13.3. The summed E-state index contributed by atoms with van der Waals surface area (Å²) in [5.74, 6) is 1.61. The number of rotatable bonds is 7. The number of amides is 2. The number of carbonyl (C=O) groups excluding carboxylic acids is 2. The van der Waals surface area contributed by atoms with E-state index < -0.39 is 0 Å². The average Bonchev–Trinajstić information content (AvgIpc) is 3.21. The zero-order valence-electron chi connectivity index (χ0n) is 19.9. The van der Waals surface area contributed by atoms with Gasteiger partial charge in [-0.3, -0.25) is 14.5 Å². The van der Waals surface area contributed by atoms with Gasteiger partial charge in [0.25, 0.3) is 11.8 Å². The van der Waals surface area contributed by atoms with Crippen molar-refractivity contribution in [2.24, 2.45) is 0 Å². The number of thioether (sulfide) groups is 1. The van der Waals surface area contributed by atoms with Crippen molar-refractivity contribution < 1.29 is 23.8 Å². The zero-order chi connectivity index (χ0) is 25.6. The molecular formula is C28H24N2O5S2. The standard InChI is InChI=1S/C28H24N2O5S2/c31-26(29-14-16-33-17-15-29)19-34-24-9-5-4-6-20(24)18-25-27(32)30(28(36)37-25)21-10-12-23(13-11-21)35-22-7-2-1-3-8-22/h1-13,18H,14-17,19H2. The molecule has 2 fully saturated rings. The second kappa shape index (κ2) is 11.6. The van der Waals surface area contributed by atoms with Gasteiger partial charge in [-0.1, -0.05) is 60.4 Å². The van der Waals surface area contributed by atoms with Crippen LogP contribution >= 0.6 is 24.0 Å². The molecule has 0 spiro atoms. The highest BCUT2D eigenvalue weighted by Gasteiger charge is 2.33. The van der Waals surface area contributed by atoms with Crippen molar-refractivity contribution in [1.82, 2.24) is 4.90 Å². The van der Waals surface area contributed by atoms with Crippen LogP contribution in [0, 0.1) is 0 Å². The number of carbonyl (C=O) groups is 2. The van der Waals surface area contributed by atoms with E-state index in [1.807, 2.05) is 48.5 Å². The van der Waals surface area contributed by atoms with Gasteiger partial charge in [0, 0.05) is 18.7 Å². The molecule has 2 aliphatic heterocycles. The predicted molar refractivity (Wildman–Crippen MR) is 148 cm³/mol. The van der Waals surface area contributed by atoms with Crippen LogP contribution in [0.5, 0.6) is 17.2 Å². The van der Waals surface area contributed by atoms with Gasteiger partial charge in [0.1, 0.15) is 17.2 Å². The molecule has 0 saturated carbocycles. The Morgan fingerprint density at radius 2 is 1.62 bits per heavy atom. The van der Waals surface area contributed by atoms with Gasteiger partial charge in [0.05, 0.1) is 23.8 Å². The summed E-state index contributed by atoms with van der Waals surface area (Å²) in [6.45, 7) is 2.11. The molecule has 0 aromatic heterocycles. The lowest BCUT2D eigenvalue weighted by atomic mass is 10.2. The maximum Gasteiger partial charge on any atom is 0.270 e. The lowest BCUT2D eigenvalue weighted by molar-refractivity contribution is -0.137. The number of thiocarbonyl (C=S) groups is 1. The smallest absolute Gasteiger partial charge is 0.270 e. The fraction of sp³-hybridized carbons (Fsp3) is 0.179. The molecule has 3 aromatic rings. The summed E-state index contributed by atoms with van der Waals surface area (Å²) in [5.41, 5.74) is 1.36. The first-order valence-corrected chi connectivity index (χ1v) is 13.0. The van der Waals surface area contributed by atoms with Crippen molar-refractivity contribution in [3.8, 4) is 17.2 Å². The van der Waals surface area contributed by atoms with Crippen molar-refractivity contribution in [2.45, 2.75) is 0 Å². The van der Waals surface area contributed by atoms with E-state index in [0.29, 0.717) is 58.3 Å². The topological polar surface area (TPSA) is 68.3 Å². The molecule has 5 rings (SSSR count). The minimum atomic E-state index is -0.217. The quantitative estimate of drug-likeness (QED) is 0.309. The Kier molecular flexibility index (Phi) is 7.84. The number of para-hydroxylation sites is 2. The Morgan fingerprint density at radius 3 is 2.38 bits per heavy atom. The second-order valence-corrected chi connectivity index (χ2v) is 9.92. The van der Waals surface area contributed by atoms with Crippen LogP contribution in [0.15, 0.2) is 83.8 Å². The van der Waals surface area contributed by atoms with Gasteiger partial charge in [-0.2, -0.15) is 0 Å². The molecule has 2 amide bonds. The molecule has 2 aliphatic rings. The van der Waals surface area contributed by atoms with E-state index in [-0.39, 0.29) is 18.4 Å². The van der Waals surface area contributed by atoms with E-state index in [1.54, 1.807) is 41.3 Å². The molecule has 0 bridgehead atoms. The molecule has 0 atom stereocenters. The van der Waals surface area contributed by atoms with E-state index >= 15 is 0 Å². The van der Waals surface area contributed by atoms with Crippen molar-refractivity contribution in [2.75, 3.05) is 37.8 Å². The van der Waals surface area contributed by atoms with Crippen molar-refractivity contribution in [3.63, 3.8) is 0 Å². The fourth-order valence-corrected chi connectivity index (χ4v) is 5.18. The number of morpholine rings is 1. The van der Waals surface area contributed by atoms with Crippen LogP contribution in [0.3, 0.4) is 0 Å². The van der Waals surface area contributed by atoms with E-state index in [9.17, 15) is 9.59 Å². The van der Waals surface area contributed by atoms with Gasteiger partial charge in [0.15, 0.2) is 10.9 Å². The normalized spacial score (nSPS) is 16.8. The van der Waals surface area contributed by atoms with Gasteiger partial charge >= 0.3 is 0 Å². The third-order valence-electron chi connectivity index (χ3n) is 5.79. The summed E-state index contributed by atoms with van der Waals surface area (Å²) in [7, 11) is 0. The van der Waals surface area contributed by atoms with Crippen molar-refractivity contribution >= 4 is 51.9 Å². The van der Waals surface area contributed by atoms with Crippen LogP contribution in [0.1, 0.15) is 5.56 Å². The summed E-state index contributed by atoms with van der Waals surface area (Å²) in [6.07, 6.45) is 1.75. The molecule has 0 aliphatic carbocycles. The third-order valence-corrected chi connectivity index (χ3v) is 7.09. The van der Waals surface area contributed by atoms with Gasteiger partial charge in [0.2, 0.25) is 0 Å². The van der Waals surface area contributed by atoms with Crippen molar-refractivity contribution in [1.29, 1.82) is 0 Å². The third kappa shape index (κ3) is 6.02. The first-order valence-electron chi connectivity index (χ1n) is 11.8. The molecule has 2 heterocycles. The van der Waals surface area contributed by atoms with Crippen LogP contribution in [0.2, 0.25) is 0 Å². The second-order valence-electron chi connectivity index (χ2n) is 8.25. The minimum Gasteiger partial charge on any atom is -0.483 e. The van der Waals surface area contributed by atoms with E-state index in [0.717, 1.165) is 5.75 Å². The van der Waals surface area contributed by atoms with Crippen molar-refractivity contribution in [3.05, 3.63) is 89.3 Å². The Labute approximate surface area is 224 Å². The van der Waals surface area contributed by atoms with E-state index in [4.69, 9.17) is 26.4 Å². The molecule has 7 nitrogen and oxygen atoms in total. The molecular weight excluding hydrogens is 508 g/mol. The zero-order valence-corrected chi connectivity index (χ0v) is 21.5. The SMILES string of the molecule is O=C(COc1ccccc1C=C1SC(=S)N(c2ccc(Oc3ccccc3)cc2)C1=O)N1CCOCC1. The molecule has 2 saturated heterocycles. The molecule has 0 radical (unpaired) electrons. The number of anilines is 1. The largest absolute Gasteiger partial charge is 0.483 e. The first-order chi connectivity index (χ1) is 18.1. The highest BCUT2D eigenvalue weighted by atomic mass is 32.2. The molecule has 188 valence electrons. The lowest BCUT2D eigenvalue weighted by Gasteiger charge is -2.26. The molecule has 37 heavy (non-hydrogen) atoms. The monoisotopic (exact) mass is 532 g/mol. The van der Waals surface area contributed by atoms with Crippen LogP contribution in [-0.2, 0) is 14.3 Å².